The first-order valence-corrected chi connectivity index (χ1v) is 9.40. The number of hydrogen-bond acceptors (Lipinski definition) is 5. The lowest BCUT2D eigenvalue weighted by Gasteiger charge is -2.40. The zero-order chi connectivity index (χ0) is 20.5. The Labute approximate surface area is 166 Å². The van der Waals surface area contributed by atoms with E-state index in [2.05, 4.69) is 0 Å². The molecule has 1 atom stereocenters. The molecule has 0 aromatic heterocycles. The molecule has 1 aliphatic rings. The normalized spacial score (nSPS) is 18.8. The van der Waals surface area contributed by atoms with Crippen LogP contribution in [0.2, 0.25) is 0 Å². The molecule has 1 aliphatic heterocycles. The van der Waals surface area contributed by atoms with Gasteiger partial charge in [0.1, 0.15) is 18.1 Å². The summed E-state index contributed by atoms with van der Waals surface area (Å²) < 4.78 is 23.2. The van der Waals surface area contributed by atoms with Crippen LogP contribution in [0.25, 0.3) is 0 Å². The molecule has 1 heterocycles. The summed E-state index contributed by atoms with van der Waals surface area (Å²) in [6.07, 6.45) is -0.466. The highest BCUT2D eigenvalue weighted by Crippen LogP contribution is 2.45. The van der Waals surface area contributed by atoms with E-state index >= 15 is 0 Å². The Kier molecular flexibility index (Phi) is 5.77. The molecule has 0 bridgehead atoms. The van der Waals surface area contributed by atoms with Crippen LogP contribution in [-0.2, 0) is 16.1 Å². The fourth-order valence-electron chi connectivity index (χ4n) is 3.91. The Hall–Kier alpha value is -2.37. The fraction of sp³-hybridized carbons (Fsp3) is 0.435. The first-order chi connectivity index (χ1) is 13.3. The van der Waals surface area contributed by atoms with Crippen LogP contribution in [0.5, 0.6) is 11.5 Å². The SMILES string of the molecule is COC(OC)C1(C)CC(=O)c2c(C)c(OCc3ccccc3)c(C)c(C)c2O1. The summed E-state index contributed by atoms with van der Waals surface area (Å²) in [6.45, 7) is 8.15. The molecule has 3 rings (SSSR count). The molecular formula is C23H28O5. The maximum Gasteiger partial charge on any atom is 0.197 e. The van der Waals surface area contributed by atoms with Gasteiger partial charge in [-0.2, -0.15) is 0 Å². The predicted molar refractivity (Wildman–Crippen MR) is 107 cm³/mol. The van der Waals surface area contributed by atoms with Crippen molar-refractivity contribution in [1.82, 2.24) is 0 Å². The van der Waals surface area contributed by atoms with Crippen molar-refractivity contribution in [1.29, 1.82) is 0 Å². The maximum atomic E-state index is 13.1. The van der Waals surface area contributed by atoms with E-state index in [9.17, 15) is 4.79 Å². The molecule has 5 nitrogen and oxygen atoms in total. The van der Waals surface area contributed by atoms with Crippen molar-refractivity contribution in [3.05, 3.63) is 58.1 Å². The highest BCUT2D eigenvalue weighted by Gasteiger charge is 2.45. The van der Waals surface area contributed by atoms with Crippen molar-refractivity contribution < 1.29 is 23.7 Å². The molecule has 1 unspecified atom stereocenters. The molecule has 0 spiro atoms. The van der Waals surface area contributed by atoms with Gasteiger partial charge in [0, 0.05) is 19.8 Å². The third-order valence-corrected chi connectivity index (χ3v) is 5.46. The summed E-state index contributed by atoms with van der Waals surface area (Å²) in [4.78, 5) is 13.1. The number of fused-ring (bicyclic) bond motifs is 1. The predicted octanol–water partition coefficient (Wildman–Crippen LogP) is 4.53. The van der Waals surface area contributed by atoms with Gasteiger partial charge in [-0.05, 0) is 44.4 Å². The molecule has 0 fully saturated rings. The van der Waals surface area contributed by atoms with Crippen molar-refractivity contribution >= 4 is 5.78 Å². The smallest absolute Gasteiger partial charge is 0.197 e. The van der Waals surface area contributed by atoms with E-state index in [-0.39, 0.29) is 12.2 Å². The molecule has 0 amide bonds. The van der Waals surface area contributed by atoms with Crippen LogP contribution >= 0.6 is 0 Å². The van der Waals surface area contributed by atoms with Gasteiger partial charge in [-0.3, -0.25) is 4.79 Å². The summed E-state index contributed by atoms with van der Waals surface area (Å²) in [5.41, 5.74) is 3.46. The Balaban J connectivity index is 2.00. The second-order valence-corrected chi connectivity index (χ2v) is 7.50. The van der Waals surface area contributed by atoms with Gasteiger partial charge >= 0.3 is 0 Å². The third-order valence-electron chi connectivity index (χ3n) is 5.46. The van der Waals surface area contributed by atoms with Gasteiger partial charge < -0.3 is 18.9 Å². The average molecular weight is 384 g/mol. The monoisotopic (exact) mass is 384 g/mol. The molecule has 0 aliphatic carbocycles. The molecule has 5 heteroatoms. The average Bonchev–Trinajstić information content (AvgIpc) is 2.67. The van der Waals surface area contributed by atoms with Crippen molar-refractivity contribution in [3.8, 4) is 11.5 Å². The summed E-state index contributed by atoms with van der Waals surface area (Å²) in [5, 5.41) is 0. The highest BCUT2D eigenvalue weighted by molar-refractivity contribution is 6.03. The third kappa shape index (κ3) is 3.52. The lowest BCUT2D eigenvalue weighted by molar-refractivity contribution is -0.198. The molecule has 28 heavy (non-hydrogen) atoms. The Morgan fingerprint density at radius 2 is 1.68 bits per heavy atom. The van der Waals surface area contributed by atoms with Gasteiger partial charge in [-0.25, -0.2) is 0 Å². The summed E-state index contributed by atoms with van der Waals surface area (Å²) in [6, 6.07) is 9.98. The van der Waals surface area contributed by atoms with Gasteiger partial charge in [-0.1, -0.05) is 30.3 Å². The van der Waals surface area contributed by atoms with Gasteiger partial charge in [0.15, 0.2) is 17.7 Å². The second-order valence-electron chi connectivity index (χ2n) is 7.50. The van der Waals surface area contributed by atoms with E-state index in [4.69, 9.17) is 18.9 Å². The van der Waals surface area contributed by atoms with E-state index in [1.165, 1.54) is 0 Å². The van der Waals surface area contributed by atoms with E-state index in [0.29, 0.717) is 17.9 Å². The minimum atomic E-state index is -0.885. The highest BCUT2D eigenvalue weighted by atomic mass is 16.7. The number of hydrogen-bond donors (Lipinski definition) is 0. The van der Waals surface area contributed by atoms with Crippen molar-refractivity contribution in [3.63, 3.8) is 0 Å². The summed E-state index contributed by atoms with van der Waals surface area (Å²) >= 11 is 0. The van der Waals surface area contributed by atoms with Crippen LogP contribution in [0, 0.1) is 20.8 Å². The fourth-order valence-corrected chi connectivity index (χ4v) is 3.91. The lowest BCUT2D eigenvalue weighted by Crippen LogP contribution is -2.51. The Morgan fingerprint density at radius 3 is 2.29 bits per heavy atom. The molecule has 0 N–H and O–H groups in total. The van der Waals surface area contributed by atoms with Crippen LogP contribution < -0.4 is 9.47 Å². The topological polar surface area (TPSA) is 54.0 Å². The van der Waals surface area contributed by atoms with Crippen LogP contribution in [0.4, 0.5) is 0 Å². The molecule has 2 aromatic rings. The maximum absolute atomic E-state index is 13.1. The second kappa shape index (κ2) is 7.94. The number of carbonyl (C=O) groups excluding carboxylic acids is 1. The number of rotatable bonds is 6. The quantitative estimate of drug-likeness (QED) is 0.685. The zero-order valence-corrected chi connectivity index (χ0v) is 17.4. The number of ketones is 1. The number of benzene rings is 2. The van der Waals surface area contributed by atoms with Crippen LogP contribution in [0.3, 0.4) is 0 Å². The van der Waals surface area contributed by atoms with Gasteiger partial charge in [0.2, 0.25) is 0 Å². The van der Waals surface area contributed by atoms with E-state index in [0.717, 1.165) is 28.0 Å². The first-order valence-electron chi connectivity index (χ1n) is 9.40. The molecule has 0 saturated heterocycles. The molecular weight excluding hydrogens is 356 g/mol. The minimum Gasteiger partial charge on any atom is -0.488 e. The molecule has 0 radical (unpaired) electrons. The minimum absolute atomic E-state index is 0.00742. The molecule has 150 valence electrons. The molecule has 2 aromatic carbocycles. The Morgan fingerprint density at radius 1 is 1.04 bits per heavy atom. The number of ether oxygens (including phenoxy) is 4. The van der Waals surface area contributed by atoms with Crippen molar-refractivity contribution in [2.45, 2.75) is 52.6 Å². The summed E-state index contributed by atoms with van der Waals surface area (Å²) in [7, 11) is 3.10. The molecule has 0 saturated carbocycles. The first kappa shape index (κ1) is 20.4. The van der Waals surface area contributed by atoms with Gasteiger partial charge in [0.05, 0.1) is 12.0 Å². The largest absolute Gasteiger partial charge is 0.488 e. The Bertz CT molecular complexity index is 871. The summed E-state index contributed by atoms with van der Waals surface area (Å²) in [5.74, 6) is 1.35. The zero-order valence-electron chi connectivity index (χ0n) is 17.4. The van der Waals surface area contributed by atoms with Crippen LogP contribution in [0.1, 0.15) is 46.0 Å². The number of methoxy groups -OCH3 is 2. The van der Waals surface area contributed by atoms with E-state index in [1.807, 2.05) is 58.0 Å². The van der Waals surface area contributed by atoms with Crippen LogP contribution in [-0.4, -0.2) is 31.9 Å². The van der Waals surface area contributed by atoms with E-state index < -0.39 is 11.9 Å². The van der Waals surface area contributed by atoms with E-state index in [1.54, 1.807) is 14.2 Å². The lowest BCUT2D eigenvalue weighted by atomic mass is 9.85. The van der Waals surface area contributed by atoms with Gasteiger partial charge in [-0.15, -0.1) is 0 Å². The number of carbonyl (C=O) groups is 1. The number of Topliss-reactive ketones (excluding diaryl/α,β-unsaturated/α-hetero) is 1. The van der Waals surface area contributed by atoms with Crippen molar-refractivity contribution in [2.75, 3.05) is 14.2 Å². The standard InChI is InChI=1S/C23H28O5/c1-14-15(2)21-19(18(24)12-23(4,28-21)22(25-5)26-6)16(3)20(14)27-13-17-10-8-7-9-11-17/h7-11,22H,12-13H2,1-6H3. The van der Waals surface area contributed by atoms with Crippen LogP contribution in [0.15, 0.2) is 30.3 Å². The van der Waals surface area contributed by atoms with Gasteiger partial charge in [0.25, 0.3) is 0 Å². The van der Waals surface area contributed by atoms with Crippen molar-refractivity contribution in [2.24, 2.45) is 0 Å².